The molecule has 0 spiro atoms. The number of halogens is 1. The zero-order chi connectivity index (χ0) is 12.1. The monoisotopic (exact) mass is 259 g/mol. The highest BCUT2D eigenvalue weighted by molar-refractivity contribution is 8.00. The van der Waals surface area contributed by atoms with E-state index in [1.807, 2.05) is 25.2 Å². The summed E-state index contributed by atoms with van der Waals surface area (Å²) in [4.78, 5) is 1.07. The fraction of sp³-hybridized carbons (Fsp3) is 0.500. The van der Waals surface area contributed by atoms with Crippen molar-refractivity contribution in [3.05, 3.63) is 28.8 Å². The lowest BCUT2D eigenvalue weighted by atomic mass is 10.1. The summed E-state index contributed by atoms with van der Waals surface area (Å²) in [6, 6.07) is 5.74. The van der Waals surface area contributed by atoms with E-state index < -0.39 is 6.10 Å². The molecule has 4 heteroatoms. The van der Waals surface area contributed by atoms with Crippen LogP contribution in [-0.2, 0) is 0 Å². The summed E-state index contributed by atoms with van der Waals surface area (Å²) in [6.45, 7) is 4.79. The Labute approximate surface area is 106 Å². The van der Waals surface area contributed by atoms with Gasteiger partial charge in [-0.1, -0.05) is 31.5 Å². The molecule has 0 saturated heterocycles. The summed E-state index contributed by atoms with van der Waals surface area (Å²) in [6.07, 6.45) is -0.499. The first-order valence-electron chi connectivity index (χ1n) is 5.33. The van der Waals surface area contributed by atoms with E-state index in [0.29, 0.717) is 16.8 Å². The van der Waals surface area contributed by atoms with Crippen LogP contribution >= 0.6 is 23.4 Å². The standard InChI is InChI=1S/C12H18ClNOS/c1-8(2)16-12-5-4-9(6-10(12)13)11(15)7-14-3/h4-6,8,11,14-15H,7H2,1-3H3. The quantitative estimate of drug-likeness (QED) is 0.797. The normalized spacial score (nSPS) is 13.1. The summed E-state index contributed by atoms with van der Waals surface area (Å²) in [7, 11) is 1.81. The van der Waals surface area contributed by atoms with Gasteiger partial charge in [-0.2, -0.15) is 0 Å². The van der Waals surface area contributed by atoms with Gasteiger partial charge >= 0.3 is 0 Å². The van der Waals surface area contributed by atoms with Crippen LogP contribution in [0.2, 0.25) is 5.02 Å². The van der Waals surface area contributed by atoms with E-state index >= 15 is 0 Å². The van der Waals surface area contributed by atoms with Crippen LogP contribution in [0.15, 0.2) is 23.1 Å². The molecule has 1 aromatic rings. The third-order valence-electron chi connectivity index (χ3n) is 2.10. The molecule has 0 aromatic heterocycles. The Balaban J connectivity index is 2.82. The van der Waals surface area contributed by atoms with Crippen LogP contribution in [0.3, 0.4) is 0 Å². The predicted octanol–water partition coefficient (Wildman–Crippen LogP) is 3.09. The van der Waals surface area contributed by atoms with Crippen molar-refractivity contribution in [2.75, 3.05) is 13.6 Å². The smallest absolute Gasteiger partial charge is 0.0914 e. The molecule has 0 aliphatic carbocycles. The van der Waals surface area contributed by atoms with Crippen molar-refractivity contribution < 1.29 is 5.11 Å². The Morgan fingerprint density at radius 3 is 2.62 bits per heavy atom. The fourth-order valence-corrected chi connectivity index (χ4v) is 2.53. The van der Waals surface area contributed by atoms with Crippen molar-refractivity contribution in [2.24, 2.45) is 0 Å². The van der Waals surface area contributed by atoms with E-state index in [2.05, 4.69) is 19.2 Å². The lowest BCUT2D eigenvalue weighted by molar-refractivity contribution is 0.177. The first-order chi connectivity index (χ1) is 7.54. The highest BCUT2D eigenvalue weighted by atomic mass is 35.5. The van der Waals surface area contributed by atoms with Gasteiger partial charge < -0.3 is 10.4 Å². The molecule has 2 N–H and O–H groups in total. The Bertz CT molecular complexity index is 344. The number of likely N-dealkylation sites (N-methyl/N-ethyl adjacent to an activating group) is 1. The zero-order valence-electron chi connectivity index (χ0n) is 9.83. The second-order valence-corrected chi connectivity index (χ2v) is 5.96. The van der Waals surface area contributed by atoms with Crippen molar-refractivity contribution in [2.45, 2.75) is 30.1 Å². The minimum Gasteiger partial charge on any atom is -0.387 e. The average Bonchev–Trinajstić information content (AvgIpc) is 2.20. The molecule has 1 aromatic carbocycles. The van der Waals surface area contributed by atoms with Crippen LogP contribution < -0.4 is 5.32 Å². The van der Waals surface area contributed by atoms with Crippen molar-refractivity contribution in [3.8, 4) is 0 Å². The summed E-state index contributed by atoms with van der Waals surface area (Å²) in [5.41, 5.74) is 0.854. The number of aliphatic hydroxyl groups is 1. The number of thioether (sulfide) groups is 1. The Kier molecular flexibility index (Phi) is 5.62. The third-order valence-corrected chi connectivity index (χ3v) is 3.61. The van der Waals surface area contributed by atoms with E-state index in [0.717, 1.165) is 10.5 Å². The minimum absolute atomic E-state index is 0.499. The number of hydrogen-bond acceptors (Lipinski definition) is 3. The molecule has 0 aliphatic rings. The molecule has 0 radical (unpaired) electrons. The molecular formula is C12H18ClNOS. The highest BCUT2D eigenvalue weighted by Crippen LogP contribution is 2.32. The largest absolute Gasteiger partial charge is 0.387 e. The summed E-state index contributed by atoms with van der Waals surface area (Å²) in [5, 5.41) is 13.9. The molecule has 90 valence electrons. The molecule has 1 unspecified atom stereocenters. The van der Waals surface area contributed by atoms with Crippen molar-refractivity contribution in [1.82, 2.24) is 5.32 Å². The Hall–Kier alpha value is -0.220. The van der Waals surface area contributed by atoms with Gasteiger partial charge in [0.2, 0.25) is 0 Å². The average molecular weight is 260 g/mol. The molecule has 1 atom stereocenters. The SMILES string of the molecule is CNCC(O)c1ccc(SC(C)C)c(Cl)c1. The summed E-state index contributed by atoms with van der Waals surface area (Å²) < 4.78 is 0. The lowest BCUT2D eigenvalue weighted by Crippen LogP contribution is -2.16. The van der Waals surface area contributed by atoms with E-state index in [1.165, 1.54) is 0 Å². The van der Waals surface area contributed by atoms with Crippen molar-refractivity contribution >= 4 is 23.4 Å². The number of hydrogen-bond donors (Lipinski definition) is 2. The van der Waals surface area contributed by atoms with E-state index in [1.54, 1.807) is 11.8 Å². The van der Waals surface area contributed by atoms with Gasteiger partial charge in [0, 0.05) is 16.7 Å². The number of nitrogens with one attached hydrogen (secondary N) is 1. The van der Waals surface area contributed by atoms with Crippen molar-refractivity contribution in [3.63, 3.8) is 0 Å². The summed E-state index contributed by atoms with van der Waals surface area (Å²) in [5.74, 6) is 0. The molecule has 0 amide bonds. The van der Waals surface area contributed by atoms with Gasteiger partial charge in [-0.15, -0.1) is 11.8 Å². The fourth-order valence-electron chi connectivity index (χ4n) is 1.39. The highest BCUT2D eigenvalue weighted by Gasteiger charge is 2.10. The zero-order valence-corrected chi connectivity index (χ0v) is 11.4. The second-order valence-electron chi connectivity index (χ2n) is 3.93. The van der Waals surface area contributed by atoms with Crippen LogP contribution in [0, 0.1) is 0 Å². The van der Waals surface area contributed by atoms with Crippen LogP contribution in [0.25, 0.3) is 0 Å². The number of rotatable bonds is 5. The second kappa shape index (κ2) is 6.50. The van der Waals surface area contributed by atoms with E-state index in [-0.39, 0.29) is 0 Å². The van der Waals surface area contributed by atoms with Crippen LogP contribution in [0.4, 0.5) is 0 Å². The third kappa shape index (κ3) is 3.98. The maximum absolute atomic E-state index is 9.79. The Morgan fingerprint density at radius 1 is 1.44 bits per heavy atom. The lowest BCUT2D eigenvalue weighted by Gasteiger charge is -2.13. The van der Waals surface area contributed by atoms with Crippen molar-refractivity contribution in [1.29, 1.82) is 0 Å². The maximum atomic E-state index is 9.79. The van der Waals surface area contributed by atoms with Crippen LogP contribution in [0.1, 0.15) is 25.5 Å². The maximum Gasteiger partial charge on any atom is 0.0914 e. The van der Waals surface area contributed by atoms with E-state index in [9.17, 15) is 5.11 Å². The number of benzene rings is 1. The van der Waals surface area contributed by atoms with Crippen LogP contribution in [0.5, 0.6) is 0 Å². The van der Waals surface area contributed by atoms with Gasteiger partial charge in [0.1, 0.15) is 0 Å². The van der Waals surface area contributed by atoms with Gasteiger partial charge in [-0.05, 0) is 24.7 Å². The van der Waals surface area contributed by atoms with Gasteiger partial charge in [0.25, 0.3) is 0 Å². The van der Waals surface area contributed by atoms with Crippen LogP contribution in [-0.4, -0.2) is 23.9 Å². The molecule has 0 bridgehead atoms. The van der Waals surface area contributed by atoms with Gasteiger partial charge in [-0.3, -0.25) is 0 Å². The van der Waals surface area contributed by atoms with Gasteiger partial charge in [0.15, 0.2) is 0 Å². The molecule has 0 saturated carbocycles. The molecule has 16 heavy (non-hydrogen) atoms. The Morgan fingerprint density at radius 2 is 2.12 bits per heavy atom. The summed E-state index contributed by atoms with van der Waals surface area (Å²) >= 11 is 7.89. The molecule has 2 nitrogen and oxygen atoms in total. The first-order valence-corrected chi connectivity index (χ1v) is 6.59. The molecule has 1 rings (SSSR count). The van der Waals surface area contributed by atoms with Gasteiger partial charge in [-0.25, -0.2) is 0 Å². The first kappa shape index (κ1) is 13.8. The van der Waals surface area contributed by atoms with E-state index in [4.69, 9.17) is 11.6 Å². The predicted molar refractivity (Wildman–Crippen MR) is 71.3 cm³/mol. The molecular weight excluding hydrogens is 242 g/mol. The molecule has 0 heterocycles. The van der Waals surface area contributed by atoms with Gasteiger partial charge in [0.05, 0.1) is 11.1 Å². The minimum atomic E-state index is -0.499. The topological polar surface area (TPSA) is 32.3 Å². The molecule has 0 aliphatic heterocycles. The molecule has 0 fully saturated rings. The number of aliphatic hydroxyl groups excluding tert-OH is 1.